The van der Waals surface area contributed by atoms with Gasteiger partial charge in [0.25, 0.3) is 0 Å². The minimum absolute atomic E-state index is 0.0742. The maximum atomic E-state index is 11.8. The highest BCUT2D eigenvalue weighted by molar-refractivity contribution is 5.79. The zero-order valence-corrected chi connectivity index (χ0v) is 9.12. The first-order valence-electron chi connectivity index (χ1n) is 5.13. The average Bonchev–Trinajstić information content (AvgIpc) is 2.19. The monoisotopic (exact) mass is 196 g/mol. The van der Waals surface area contributed by atoms with Crippen molar-refractivity contribution < 1.29 is 4.79 Å². The highest BCUT2D eigenvalue weighted by Crippen LogP contribution is 2.06. The zero-order valence-electron chi connectivity index (χ0n) is 9.12. The molecule has 3 heteroatoms. The first-order chi connectivity index (χ1) is 6.71. The van der Waals surface area contributed by atoms with Gasteiger partial charge >= 0.3 is 0 Å². The molecule has 1 amide bonds. The summed E-state index contributed by atoms with van der Waals surface area (Å²) in [5, 5.41) is 0. The molecule has 1 atom stereocenters. The number of hydrogen-bond donors (Lipinski definition) is 1. The quantitative estimate of drug-likeness (QED) is 0.640. The van der Waals surface area contributed by atoms with Crippen LogP contribution in [-0.2, 0) is 4.79 Å². The van der Waals surface area contributed by atoms with Crippen LogP contribution in [0.15, 0.2) is 0 Å². The van der Waals surface area contributed by atoms with E-state index in [1.165, 1.54) is 0 Å². The van der Waals surface area contributed by atoms with Crippen LogP contribution in [0.3, 0.4) is 0 Å². The van der Waals surface area contributed by atoms with Crippen molar-refractivity contribution in [3.05, 3.63) is 0 Å². The smallest absolute Gasteiger partial charge is 0.227 e. The molecule has 2 N–H and O–H groups in total. The second-order valence-corrected chi connectivity index (χ2v) is 3.30. The van der Waals surface area contributed by atoms with Crippen molar-refractivity contribution in [2.45, 2.75) is 26.7 Å². The second-order valence-electron chi connectivity index (χ2n) is 3.30. The molecular formula is C11H20N2O. The summed E-state index contributed by atoms with van der Waals surface area (Å²) >= 11 is 0. The summed E-state index contributed by atoms with van der Waals surface area (Å²) in [4.78, 5) is 13.5. The summed E-state index contributed by atoms with van der Waals surface area (Å²) in [6.45, 7) is 5.51. The van der Waals surface area contributed by atoms with Crippen LogP contribution in [0.5, 0.6) is 0 Å². The van der Waals surface area contributed by atoms with Crippen molar-refractivity contribution in [3.63, 3.8) is 0 Å². The summed E-state index contributed by atoms with van der Waals surface area (Å²) in [6, 6.07) is 0. The fraction of sp³-hybridized carbons (Fsp3) is 0.727. The number of amides is 1. The summed E-state index contributed by atoms with van der Waals surface area (Å²) in [7, 11) is 0. The lowest BCUT2D eigenvalue weighted by Crippen LogP contribution is -2.39. The molecule has 0 aromatic carbocycles. The Bertz CT molecular complexity index is 204. The predicted molar refractivity (Wildman–Crippen MR) is 58.5 cm³/mol. The van der Waals surface area contributed by atoms with Crippen LogP contribution < -0.4 is 5.73 Å². The van der Waals surface area contributed by atoms with E-state index in [0.717, 1.165) is 19.4 Å². The van der Waals surface area contributed by atoms with Gasteiger partial charge in [-0.05, 0) is 12.8 Å². The molecule has 0 aromatic rings. The number of nitrogens with zero attached hydrogens (tertiary/aromatic N) is 1. The Balaban J connectivity index is 4.33. The Kier molecular flexibility index (Phi) is 6.87. The van der Waals surface area contributed by atoms with Crippen molar-refractivity contribution in [3.8, 4) is 12.3 Å². The largest absolute Gasteiger partial charge is 0.331 e. The Hall–Kier alpha value is -1.01. The molecule has 80 valence electrons. The lowest BCUT2D eigenvalue weighted by atomic mass is 10.1. The van der Waals surface area contributed by atoms with Gasteiger partial charge in [-0.15, -0.1) is 6.42 Å². The number of hydrogen-bond acceptors (Lipinski definition) is 2. The standard InChI is InChI=1S/C11H20N2O/c1-4-7-13(8-5-2)11(14)10(6-3)9-12/h1,10H,5-9,12H2,2-3H3. The van der Waals surface area contributed by atoms with Gasteiger partial charge in [0.15, 0.2) is 0 Å². The van der Waals surface area contributed by atoms with Gasteiger partial charge in [-0.2, -0.15) is 0 Å². The van der Waals surface area contributed by atoms with Crippen LogP contribution in [0.4, 0.5) is 0 Å². The SMILES string of the molecule is C#CCN(CCC)C(=O)C(CC)CN. The third-order valence-corrected chi connectivity index (χ3v) is 2.21. The molecule has 0 saturated carbocycles. The average molecular weight is 196 g/mol. The van der Waals surface area contributed by atoms with Gasteiger partial charge in [-0.1, -0.05) is 19.8 Å². The molecule has 14 heavy (non-hydrogen) atoms. The molecule has 0 aliphatic carbocycles. The van der Waals surface area contributed by atoms with Gasteiger partial charge < -0.3 is 10.6 Å². The highest BCUT2D eigenvalue weighted by atomic mass is 16.2. The van der Waals surface area contributed by atoms with Gasteiger partial charge in [-0.3, -0.25) is 4.79 Å². The maximum absolute atomic E-state index is 11.8. The molecule has 0 aliphatic heterocycles. The number of nitrogens with two attached hydrogens (primary N) is 1. The number of carbonyl (C=O) groups is 1. The van der Waals surface area contributed by atoms with Crippen LogP contribution in [0.25, 0.3) is 0 Å². The lowest BCUT2D eigenvalue weighted by Gasteiger charge is -2.23. The van der Waals surface area contributed by atoms with Crippen LogP contribution in [-0.4, -0.2) is 30.4 Å². The third kappa shape index (κ3) is 3.80. The third-order valence-electron chi connectivity index (χ3n) is 2.21. The topological polar surface area (TPSA) is 46.3 Å². The Labute approximate surface area is 86.6 Å². The number of terminal acetylenes is 1. The second kappa shape index (κ2) is 7.40. The van der Waals surface area contributed by atoms with Crippen LogP contribution >= 0.6 is 0 Å². The van der Waals surface area contributed by atoms with Crippen LogP contribution in [0.1, 0.15) is 26.7 Å². The molecule has 0 spiro atoms. The molecule has 0 saturated heterocycles. The fourth-order valence-corrected chi connectivity index (χ4v) is 1.35. The Morgan fingerprint density at radius 2 is 2.21 bits per heavy atom. The summed E-state index contributed by atoms with van der Waals surface area (Å²) in [6.07, 6.45) is 6.91. The Morgan fingerprint density at radius 1 is 1.57 bits per heavy atom. The van der Waals surface area contributed by atoms with Crippen LogP contribution in [0, 0.1) is 18.3 Å². The number of rotatable bonds is 6. The minimum atomic E-state index is -0.0742. The molecular weight excluding hydrogens is 176 g/mol. The normalized spacial score (nSPS) is 11.9. The minimum Gasteiger partial charge on any atom is -0.331 e. The van der Waals surface area contributed by atoms with Gasteiger partial charge in [0.1, 0.15) is 0 Å². The van der Waals surface area contributed by atoms with Crippen molar-refractivity contribution >= 4 is 5.91 Å². The highest BCUT2D eigenvalue weighted by Gasteiger charge is 2.20. The molecule has 0 radical (unpaired) electrons. The van der Waals surface area contributed by atoms with Crippen molar-refractivity contribution in [2.75, 3.05) is 19.6 Å². The van der Waals surface area contributed by atoms with Gasteiger partial charge in [0.2, 0.25) is 5.91 Å². The molecule has 0 heterocycles. The van der Waals surface area contributed by atoms with Crippen LogP contribution in [0.2, 0.25) is 0 Å². The van der Waals surface area contributed by atoms with E-state index in [0.29, 0.717) is 13.1 Å². The van der Waals surface area contributed by atoms with E-state index in [2.05, 4.69) is 5.92 Å². The van der Waals surface area contributed by atoms with E-state index >= 15 is 0 Å². The Morgan fingerprint density at radius 3 is 2.57 bits per heavy atom. The van der Waals surface area contributed by atoms with E-state index in [9.17, 15) is 4.79 Å². The molecule has 0 bridgehead atoms. The summed E-state index contributed by atoms with van der Waals surface area (Å²) in [5.74, 6) is 2.52. The maximum Gasteiger partial charge on any atom is 0.227 e. The first kappa shape index (κ1) is 13.0. The lowest BCUT2D eigenvalue weighted by molar-refractivity contribution is -0.134. The van der Waals surface area contributed by atoms with Crippen molar-refractivity contribution in [1.82, 2.24) is 4.90 Å². The van der Waals surface area contributed by atoms with E-state index in [1.54, 1.807) is 4.90 Å². The van der Waals surface area contributed by atoms with E-state index in [-0.39, 0.29) is 11.8 Å². The van der Waals surface area contributed by atoms with Gasteiger partial charge in [-0.25, -0.2) is 0 Å². The van der Waals surface area contributed by atoms with E-state index in [4.69, 9.17) is 12.2 Å². The van der Waals surface area contributed by atoms with E-state index < -0.39 is 0 Å². The predicted octanol–water partition coefficient (Wildman–Crippen LogP) is 0.843. The van der Waals surface area contributed by atoms with Crippen molar-refractivity contribution in [2.24, 2.45) is 11.7 Å². The summed E-state index contributed by atoms with van der Waals surface area (Å²) in [5.41, 5.74) is 5.52. The van der Waals surface area contributed by atoms with E-state index in [1.807, 2.05) is 13.8 Å². The van der Waals surface area contributed by atoms with Gasteiger partial charge in [0.05, 0.1) is 12.5 Å². The first-order valence-corrected chi connectivity index (χ1v) is 5.13. The van der Waals surface area contributed by atoms with Gasteiger partial charge in [0, 0.05) is 13.1 Å². The molecule has 3 nitrogen and oxygen atoms in total. The summed E-state index contributed by atoms with van der Waals surface area (Å²) < 4.78 is 0. The van der Waals surface area contributed by atoms with Crippen molar-refractivity contribution in [1.29, 1.82) is 0 Å². The molecule has 1 unspecified atom stereocenters. The molecule has 0 fully saturated rings. The fourth-order valence-electron chi connectivity index (χ4n) is 1.35. The molecule has 0 aliphatic rings. The molecule has 0 aromatic heterocycles. The molecule has 0 rings (SSSR count). The zero-order chi connectivity index (χ0) is 11.0. The number of carbonyl (C=O) groups excluding carboxylic acids is 1.